The highest BCUT2D eigenvalue weighted by atomic mass is 32.2. The summed E-state index contributed by atoms with van der Waals surface area (Å²) in [7, 11) is 1.96. The molecule has 2 saturated carbocycles. The first-order valence-electron chi connectivity index (χ1n) is 13.5. The van der Waals surface area contributed by atoms with Gasteiger partial charge in [-0.3, -0.25) is 4.79 Å². The zero-order chi connectivity index (χ0) is 24.9. The van der Waals surface area contributed by atoms with E-state index in [1.54, 1.807) is 0 Å². The average Bonchev–Trinajstić information content (AvgIpc) is 3.27. The number of aromatic nitrogens is 3. The number of thioether (sulfide) groups is 1. The Hall–Kier alpha value is -2.54. The highest BCUT2D eigenvalue weighted by Gasteiger charge is 2.32. The van der Waals surface area contributed by atoms with E-state index in [1.807, 2.05) is 17.7 Å². The van der Waals surface area contributed by atoms with E-state index in [4.69, 9.17) is 4.74 Å². The van der Waals surface area contributed by atoms with Gasteiger partial charge in [-0.15, -0.1) is 10.2 Å². The summed E-state index contributed by atoms with van der Waals surface area (Å²) in [4.78, 5) is 15.8. The van der Waals surface area contributed by atoms with Crippen LogP contribution in [0.5, 0.6) is 5.75 Å². The minimum Gasteiger partial charge on any atom is -0.485 e. The number of ether oxygens (including phenoxy) is 1. The summed E-state index contributed by atoms with van der Waals surface area (Å²) in [5.41, 5.74) is 1.13. The van der Waals surface area contributed by atoms with E-state index < -0.39 is 0 Å². The fourth-order valence-corrected chi connectivity index (χ4v) is 6.73. The van der Waals surface area contributed by atoms with Crippen LogP contribution in [0.3, 0.4) is 0 Å². The molecule has 2 aromatic carbocycles. The van der Waals surface area contributed by atoms with Crippen LogP contribution < -0.4 is 4.74 Å². The molecule has 0 atom stereocenters. The van der Waals surface area contributed by atoms with Crippen molar-refractivity contribution in [3.63, 3.8) is 0 Å². The van der Waals surface area contributed by atoms with Crippen LogP contribution in [0.4, 0.5) is 0 Å². The van der Waals surface area contributed by atoms with Gasteiger partial charge in [-0.1, -0.05) is 80.6 Å². The molecule has 1 amide bonds. The Bertz CT molecular complexity index is 1160. The Morgan fingerprint density at radius 3 is 2.33 bits per heavy atom. The van der Waals surface area contributed by atoms with Crippen LogP contribution in [0.15, 0.2) is 41.6 Å². The lowest BCUT2D eigenvalue weighted by Gasteiger charge is -2.41. The van der Waals surface area contributed by atoms with E-state index in [-0.39, 0.29) is 5.91 Å². The maximum absolute atomic E-state index is 13.5. The summed E-state index contributed by atoms with van der Waals surface area (Å²) in [6.45, 7) is 2.43. The maximum Gasteiger partial charge on any atom is 0.233 e. The number of carbonyl (C=O) groups excluding carboxylic acids is 1. The molecule has 0 radical (unpaired) electrons. The van der Waals surface area contributed by atoms with Crippen molar-refractivity contribution in [2.24, 2.45) is 7.05 Å². The van der Waals surface area contributed by atoms with E-state index in [2.05, 4.69) is 52.4 Å². The smallest absolute Gasteiger partial charge is 0.233 e. The quantitative estimate of drug-likeness (QED) is 0.329. The Labute approximate surface area is 218 Å². The van der Waals surface area contributed by atoms with Crippen molar-refractivity contribution in [1.29, 1.82) is 0 Å². The standard InChI is InChI=1S/C29H38N4O2S/c1-21-25-16-10-9-11-22(25)17-18-26(21)35-19-27-30-31-29(32(27)2)36-20-28(34)33(23-12-5-3-6-13-23)24-14-7-4-8-15-24/h9-11,16-18,23-24H,3-8,12-15,19-20H2,1-2H3. The van der Waals surface area contributed by atoms with Crippen molar-refractivity contribution in [3.05, 3.63) is 47.8 Å². The van der Waals surface area contributed by atoms with Crippen molar-refractivity contribution in [1.82, 2.24) is 19.7 Å². The minimum absolute atomic E-state index is 0.270. The van der Waals surface area contributed by atoms with Gasteiger partial charge in [0.05, 0.1) is 5.75 Å². The number of carbonyl (C=O) groups is 1. The van der Waals surface area contributed by atoms with Gasteiger partial charge in [0, 0.05) is 19.1 Å². The molecule has 2 aliphatic carbocycles. The number of hydrogen-bond donors (Lipinski definition) is 0. The highest BCUT2D eigenvalue weighted by Crippen LogP contribution is 2.32. The van der Waals surface area contributed by atoms with E-state index in [9.17, 15) is 4.79 Å². The molecule has 0 unspecified atom stereocenters. The number of rotatable bonds is 8. The molecule has 1 aromatic heterocycles. The molecule has 3 aromatic rings. The van der Waals surface area contributed by atoms with Crippen molar-refractivity contribution in [3.8, 4) is 5.75 Å². The monoisotopic (exact) mass is 506 g/mol. The van der Waals surface area contributed by atoms with Crippen LogP contribution in [0.25, 0.3) is 10.8 Å². The van der Waals surface area contributed by atoms with Crippen LogP contribution in [-0.4, -0.2) is 43.4 Å². The molecule has 2 aliphatic rings. The average molecular weight is 507 g/mol. The molecule has 1 heterocycles. The zero-order valence-corrected chi connectivity index (χ0v) is 22.4. The molecule has 0 saturated heterocycles. The molecule has 0 spiro atoms. The number of benzene rings is 2. The van der Waals surface area contributed by atoms with Gasteiger partial charge < -0.3 is 14.2 Å². The Morgan fingerprint density at radius 1 is 0.972 bits per heavy atom. The normalized spacial score (nSPS) is 17.4. The lowest BCUT2D eigenvalue weighted by Crippen LogP contribution is -2.49. The summed E-state index contributed by atoms with van der Waals surface area (Å²) in [5.74, 6) is 2.31. The Morgan fingerprint density at radius 2 is 1.64 bits per heavy atom. The van der Waals surface area contributed by atoms with Crippen LogP contribution in [0, 0.1) is 6.92 Å². The third-order valence-electron chi connectivity index (χ3n) is 7.98. The SMILES string of the molecule is Cc1c(OCc2nnc(SCC(=O)N(C3CCCCC3)C3CCCCC3)n2C)ccc2ccccc12. The largest absolute Gasteiger partial charge is 0.485 e. The van der Waals surface area contributed by atoms with Crippen molar-refractivity contribution < 1.29 is 9.53 Å². The van der Waals surface area contributed by atoms with Crippen molar-refractivity contribution in [2.75, 3.05) is 5.75 Å². The Kier molecular flexibility index (Phi) is 8.15. The summed E-state index contributed by atoms with van der Waals surface area (Å²) in [6, 6.07) is 13.3. The summed E-state index contributed by atoms with van der Waals surface area (Å²) >= 11 is 1.50. The number of nitrogens with zero attached hydrogens (tertiary/aromatic N) is 4. The van der Waals surface area contributed by atoms with Crippen LogP contribution >= 0.6 is 11.8 Å². The summed E-state index contributed by atoms with van der Waals surface area (Å²) in [5, 5.41) is 11.9. The summed E-state index contributed by atoms with van der Waals surface area (Å²) < 4.78 is 8.10. The first-order valence-corrected chi connectivity index (χ1v) is 14.5. The van der Waals surface area contributed by atoms with Crippen LogP contribution in [-0.2, 0) is 18.4 Å². The second kappa shape index (κ2) is 11.7. The molecular weight excluding hydrogens is 468 g/mol. The summed E-state index contributed by atoms with van der Waals surface area (Å²) in [6.07, 6.45) is 12.2. The van der Waals surface area contributed by atoms with Crippen molar-refractivity contribution in [2.45, 2.75) is 95.0 Å². The predicted octanol–water partition coefficient (Wildman–Crippen LogP) is 6.44. The van der Waals surface area contributed by atoms with E-state index in [0.717, 1.165) is 48.0 Å². The first-order chi connectivity index (χ1) is 17.6. The van der Waals surface area contributed by atoms with E-state index >= 15 is 0 Å². The van der Waals surface area contributed by atoms with Crippen molar-refractivity contribution >= 4 is 28.4 Å². The van der Waals surface area contributed by atoms with Crippen LogP contribution in [0.2, 0.25) is 0 Å². The second-order valence-electron chi connectivity index (χ2n) is 10.3. The zero-order valence-electron chi connectivity index (χ0n) is 21.6. The topological polar surface area (TPSA) is 60.3 Å². The lowest BCUT2D eigenvalue weighted by atomic mass is 9.88. The highest BCUT2D eigenvalue weighted by molar-refractivity contribution is 7.99. The molecular formula is C29H38N4O2S. The minimum atomic E-state index is 0.270. The fourth-order valence-electron chi connectivity index (χ4n) is 5.93. The lowest BCUT2D eigenvalue weighted by molar-refractivity contribution is -0.135. The number of fused-ring (bicyclic) bond motifs is 1. The molecule has 0 aliphatic heterocycles. The van der Waals surface area contributed by atoms with Gasteiger partial charge in [0.25, 0.3) is 0 Å². The molecule has 7 heteroatoms. The van der Waals surface area contributed by atoms with Crippen LogP contribution in [0.1, 0.15) is 75.6 Å². The molecule has 5 rings (SSSR count). The first kappa shape index (κ1) is 25.1. The molecule has 36 heavy (non-hydrogen) atoms. The molecule has 2 fully saturated rings. The second-order valence-corrected chi connectivity index (χ2v) is 11.3. The molecule has 192 valence electrons. The van der Waals surface area contributed by atoms with Gasteiger partial charge >= 0.3 is 0 Å². The molecule has 0 bridgehead atoms. The molecule has 6 nitrogen and oxygen atoms in total. The van der Waals surface area contributed by atoms with Gasteiger partial charge in [0.15, 0.2) is 11.0 Å². The van der Waals surface area contributed by atoms with Gasteiger partial charge in [0.1, 0.15) is 12.4 Å². The van der Waals surface area contributed by atoms with Gasteiger partial charge in [-0.25, -0.2) is 0 Å². The number of hydrogen-bond acceptors (Lipinski definition) is 5. The molecule has 0 N–H and O–H groups in total. The third kappa shape index (κ3) is 5.56. The maximum atomic E-state index is 13.5. The number of amides is 1. The number of aryl methyl sites for hydroxylation is 1. The van der Waals surface area contributed by atoms with E-state index in [1.165, 1.54) is 61.1 Å². The fraction of sp³-hybridized carbons (Fsp3) is 0.552. The van der Waals surface area contributed by atoms with Gasteiger partial charge in [0.2, 0.25) is 5.91 Å². The Balaban J connectivity index is 1.22. The van der Waals surface area contributed by atoms with Gasteiger partial charge in [-0.2, -0.15) is 0 Å². The third-order valence-corrected chi connectivity index (χ3v) is 8.98. The predicted molar refractivity (Wildman–Crippen MR) is 145 cm³/mol. The van der Waals surface area contributed by atoms with Gasteiger partial charge in [-0.05, 0) is 55.0 Å². The van der Waals surface area contributed by atoms with E-state index in [0.29, 0.717) is 24.4 Å².